The molecule has 1 aromatic rings. The number of phenols is 1. The highest BCUT2D eigenvalue weighted by Crippen LogP contribution is 2.64. The van der Waals surface area contributed by atoms with Gasteiger partial charge in [0.2, 0.25) is 0 Å². The Kier molecular flexibility index (Phi) is 3.44. The van der Waals surface area contributed by atoms with Crippen molar-refractivity contribution in [3.05, 3.63) is 42.0 Å². The maximum atomic E-state index is 12.4. The van der Waals surface area contributed by atoms with E-state index in [9.17, 15) is 15.0 Å². The Morgan fingerprint density at radius 2 is 2.08 bits per heavy atom. The van der Waals surface area contributed by atoms with Crippen LogP contribution >= 0.6 is 0 Å². The minimum Gasteiger partial charge on any atom is -0.508 e. The van der Waals surface area contributed by atoms with E-state index in [1.165, 1.54) is 17.2 Å². The first-order valence-electron chi connectivity index (χ1n) is 9.12. The number of carbonyl (C=O) groups excluding carboxylic acids is 1. The molecule has 0 saturated heterocycles. The number of carbonyl (C=O) groups is 1. The van der Waals surface area contributed by atoms with Gasteiger partial charge in [-0.05, 0) is 85.6 Å². The fraction of sp³-hybridized carbons (Fsp3) is 0.571. The van der Waals surface area contributed by atoms with Gasteiger partial charge >= 0.3 is 0 Å². The van der Waals surface area contributed by atoms with E-state index in [1.54, 1.807) is 6.07 Å². The summed E-state index contributed by atoms with van der Waals surface area (Å²) in [5.74, 6) is 1.54. The van der Waals surface area contributed by atoms with Gasteiger partial charge in [0, 0.05) is 5.41 Å². The van der Waals surface area contributed by atoms with E-state index in [2.05, 4.69) is 19.6 Å². The van der Waals surface area contributed by atoms with Crippen molar-refractivity contribution in [3.63, 3.8) is 0 Å². The Hall–Kier alpha value is -1.61. The van der Waals surface area contributed by atoms with Crippen LogP contribution in [0.15, 0.2) is 30.9 Å². The molecule has 5 atom stereocenters. The van der Waals surface area contributed by atoms with Crippen molar-refractivity contribution in [2.75, 3.05) is 0 Å². The number of rotatable bonds is 2. The number of aryl methyl sites for hydroxylation is 1. The maximum Gasteiger partial charge on any atom is 0.187 e. The molecule has 2 saturated carbocycles. The molecule has 3 aliphatic carbocycles. The lowest BCUT2D eigenvalue weighted by atomic mass is 9.53. The van der Waals surface area contributed by atoms with Gasteiger partial charge in [-0.25, -0.2) is 0 Å². The molecule has 2 fully saturated rings. The minimum absolute atomic E-state index is 0.202. The second-order valence-corrected chi connectivity index (χ2v) is 8.22. The standard InChI is InChI=1S/C21H26O3/c1-3-19(23)21(24)11-9-18-17-6-4-13-12-14(22)5-7-15(13)16(17)8-10-20(18,21)2/h3,5,7,12,16-18,22,24H,1,4,6,8-11H2,2H3/t16-,17-,18+,20+,21-/m1/s1. The number of fused-ring (bicyclic) bond motifs is 5. The van der Waals surface area contributed by atoms with Crippen molar-refractivity contribution in [3.8, 4) is 5.75 Å². The summed E-state index contributed by atoms with van der Waals surface area (Å²) in [5, 5.41) is 20.9. The molecule has 3 heteroatoms. The van der Waals surface area contributed by atoms with E-state index in [0.29, 0.717) is 29.9 Å². The summed E-state index contributed by atoms with van der Waals surface area (Å²) in [7, 11) is 0. The van der Waals surface area contributed by atoms with Gasteiger partial charge in [0.25, 0.3) is 0 Å². The minimum atomic E-state index is -1.24. The summed E-state index contributed by atoms with van der Waals surface area (Å²) in [6, 6.07) is 5.78. The van der Waals surface area contributed by atoms with Crippen LogP contribution in [-0.2, 0) is 11.2 Å². The first kappa shape index (κ1) is 15.9. The second-order valence-electron chi connectivity index (χ2n) is 8.22. The van der Waals surface area contributed by atoms with Crippen LogP contribution in [0, 0.1) is 17.3 Å². The lowest BCUT2D eigenvalue weighted by molar-refractivity contribution is -0.151. The molecule has 0 unspecified atom stereocenters. The first-order valence-corrected chi connectivity index (χ1v) is 9.12. The molecule has 0 aromatic heterocycles. The Morgan fingerprint density at radius 1 is 1.29 bits per heavy atom. The number of aliphatic hydroxyl groups is 1. The van der Waals surface area contributed by atoms with Crippen molar-refractivity contribution < 1.29 is 15.0 Å². The molecule has 0 spiro atoms. The van der Waals surface area contributed by atoms with Crippen LogP contribution in [-0.4, -0.2) is 21.6 Å². The van der Waals surface area contributed by atoms with Crippen LogP contribution in [0.5, 0.6) is 5.75 Å². The molecule has 0 aliphatic heterocycles. The topological polar surface area (TPSA) is 57.5 Å². The summed E-state index contributed by atoms with van der Waals surface area (Å²) in [6.07, 6.45) is 6.72. The average molecular weight is 326 g/mol. The molecule has 0 radical (unpaired) electrons. The summed E-state index contributed by atoms with van der Waals surface area (Å²) < 4.78 is 0. The fourth-order valence-electron chi connectivity index (χ4n) is 6.16. The number of ketones is 1. The Balaban J connectivity index is 1.71. The zero-order valence-electron chi connectivity index (χ0n) is 14.3. The summed E-state index contributed by atoms with van der Waals surface area (Å²) in [6.45, 7) is 5.73. The molecular weight excluding hydrogens is 300 g/mol. The monoisotopic (exact) mass is 326 g/mol. The summed E-state index contributed by atoms with van der Waals surface area (Å²) in [5.41, 5.74) is 1.07. The zero-order valence-corrected chi connectivity index (χ0v) is 14.3. The second kappa shape index (κ2) is 5.19. The number of phenolic OH excluding ortho intramolecular Hbond substituents is 1. The van der Waals surface area contributed by atoms with Crippen molar-refractivity contribution in [2.24, 2.45) is 17.3 Å². The molecule has 4 rings (SSSR count). The molecule has 0 bridgehead atoms. The largest absolute Gasteiger partial charge is 0.508 e. The predicted octanol–water partition coefficient (Wildman–Crippen LogP) is 3.73. The molecule has 2 N–H and O–H groups in total. The van der Waals surface area contributed by atoms with E-state index in [1.807, 2.05) is 6.07 Å². The third-order valence-electron chi connectivity index (χ3n) is 7.45. The first-order chi connectivity index (χ1) is 11.4. The summed E-state index contributed by atoms with van der Waals surface area (Å²) in [4.78, 5) is 12.4. The van der Waals surface area contributed by atoms with Gasteiger partial charge in [0.05, 0.1) is 0 Å². The quantitative estimate of drug-likeness (QED) is 0.814. The highest BCUT2D eigenvalue weighted by Gasteiger charge is 2.63. The van der Waals surface area contributed by atoms with Crippen LogP contribution in [0.1, 0.15) is 56.1 Å². The molecule has 0 amide bonds. The van der Waals surface area contributed by atoms with Gasteiger partial charge in [-0.15, -0.1) is 0 Å². The Morgan fingerprint density at radius 3 is 2.83 bits per heavy atom. The lowest BCUT2D eigenvalue weighted by Crippen LogP contribution is -2.54. The van der Waals surface area contributed by atoms with Crippen LogP contribution in [0.25, 0.3) is 0 Å². The van der Waals surface area contributed by atoms with E-state index in [0.717, 1.165) is 32.1 Å². The van der Waals surface area contributed by atoms with E-state index >= 15 is 0 Å². The van der Waals surface area contributed by atoms with E-state index in [4.69, 9.17) is 0 Å². The van der Waals surface area contributed by atoms with Crippen LogP contribution < -0.4 is 0 Å². The highest BCUT2D eigenvalue weighted by molar-refractivity contribution is 5.97. The third-order valence-corrected chi connectivity index (χ3v) is 7.45. The van der Waals surface area contributed by atoms with Gasteiger partial charge in [-0.3, -0.25) is 4.79 Å². The van der Waals surface area contributed by atoms with Gasteiger partial charge in [0.1, 0.15) is 11.4 Å². The smallest absolute Gasteiger partial charge is 0.187 e. The Labute approximate surface area is 143 Å². The van der Waals surface area contributed by atoms with Crippen LogP contribution in [0.3, 0.4) is 0 Å². The van der Waals surface area contributed by atoms with Gasteiger partial charge < -0.3 is 10.2 Å². The highest BCUT2D eigenvalue weighted by atomic mass is 16.3. The number of hydrogen-bond acceptors (Lipinski definition) is 3. The fourth-order valence-corrected chi connectivity index (χ4v) is 6.16. The molecule has 0 heterocycles. The van der Waals surface area contributed by atoms with E-state index < -0.39 is 5.60 Å². The normalized spacial score (nSPS) is 40.3. The van der Waals surface area contributed by atoms with Crippen molar-refractivity contribution >= 4 is 5.78 Å². The molecule has 1 aromatic carbocycles. The van der Waals surface area contributed by atoms with Crippen molar-refractivity contribution in [1.82, 2.24) is 0 Å². The Bertz CT molecular complexity index is 709. The SMILES string of the molecule is C=CC(=O)[C@]1(O)CC[C@H]2[C@@H]3CCc4cc(O)ccc4[C@H]3CC[C@@]21C. The maximum absolute atomic E-state index is 12.4. The molecule has 3 aliphatic rings. The molecule has 24 heavy (non-hydrogen) atoms. The summed E-state index contributed by atoms with van der Waals surface area (Å²) >= 11 is 0. The van der Waals surface area contributed by atoms with E-state index in [-0.39, 0.29) is 11.2 Å². The average Bonchev–Trinajstić information content (AvgIpc) is 2.86. The van der Waals surface area contributed by atoms with Crippen LogP contribution in [0.4, 0.5) is 0 Å². The van der Waals surface area contributed by atoms with Crippen molar-refractivity contribution in [2.45, 2.75) is 57.0 Å². The number of aromatic hydroxyl groups is 1. The van der Waals surface area contributed by atoms with Crippen molar-refractivity contribution in [1.29, 1.82) is 0 Å². The number of hydrogen-bond donors (Lipinski definition) is 2. The lowest BCUT2D eigenvalue weighted by Gasteiger charge is -2.52. The molecule has 3 nitrogen and oxygen atoms in total. The van der Waals surface area contributed by atoms with Crippen LogP contribution in [0.2, 0.25) is 0 Å². The van der Waals surface area contributed by atoms with Gasteiger partial charge in [-0.1, -0.05) is 19.6 Å². The van der Waals surface area contributed by atoms with Gasteiger partial charge in [0.15, 0.2) is 5.78 Å². The third kappa shape index (κ3) is 1.91. The zero-order chi connectivity index (χ0) is 17.1. The molecular formula is C21H26O3. The number of benzene rings is 1. The predicted molar refractivity (Wildman–Crippen MR) is 92.9 cm³/mol. The van der Waals surface area contributed by atoms with Gasteiger partial charge in [-0.2, -0.15) is 0 Å². The molecule has 128 valence electrons.